The molecule has 0 bridgehead atoms. The molecule has 5 heteroatoms. The maximum Gasteiger partial charge on any atom is 0.335 e. The van der Waals surface area contributed by atoms with Crippen LogP contribution >= 0.6 is 0 Å². The molecule has 2 N–H and O–H groups in total. The first kappa shape index (κ1) is 14.7. The Morgan fingerprint density at radius 2 is 1.90 bits per heavy atom. The van der Waals surface area contributed by atoms with Crippen LogP contribution in [0.4, 0.5) is 4.39 Å². The van der Waals surface area contributed by atoms with Crippen molar-refractivity contribution in [2.45, 2.75) is 13.5 Å². The van der Waals surface area contributed by atoms with Gasteiger partial charge in [0, 0.05) is 12.1 Å². The second kappa shape index (κ2) is 6.17. The fourth-order valence-electron chi connectivity index (χ4n) is 1.88. The second-order valence-electron chi connectivity index (χ2n) is 4.65. The number of aromatic carboxylic acids is 1. The molecular formula is C16H14FNO3. The molecule has 0 aliphatic heterocycles. The van der Waals surface area contributed by atoms with Crippen molar-refractivity contribution in [3.8, 4) is 0 Å². The van der Waals surface area contributed by atoms with E-state index >= 15 is 0 Å². The molecule has 2 rings (SSSR count). The number of hydrogen-bond donors (Lipinski definition) is 2. The van der Waals surface area contributed by atoms with E-state index < -0.39 is 5.97 Å². The summed E-state index contributed by atoms with van der Waals surface area (Å²) in [6, 6.07) is 10.4. The largest absolute Gasteiger partial charge is 0.478 e. The molecule has 21 heavy (non-hydrogen) atoms. The highest BCUT2D eigenvalue weighted by Gasteiger charge is 2.08. The van der Waals surface area contributed by atoms with Crippen molar-refractivity contribution in [1.29, 1.82) is 0 Å². The zero-order chi connectivity index (χ0) is 15.4. The lowest BCUT2D eigenvalue weighted by molar-refractivity contribution is 0.0696. The first-order valence-corrected chi connectivity index (χ1v) is 6.34. The van der Waals surface area contributed by atoms with Gasteiger partial charge in [-0.25, -0.2) is 9.18 Å². The topological polar surface area (TPSA) is 66.4 Å². The number of nitrogens with one attached hydrogen (secondary N) is 1. The predicted octanol–water partition coefficient (Wildman–Crippen LogP) is 2.76. The van der Waals surface area contributed by atoms with Crippen LogP contribution in [0.15, 0.2) is 42.5 Å². The fraction of sp³-hybridized carbons (Fsp3) is 0.125. The highest BCUT2D eigenvalue weighted by atomic mass is 19.1. The number of carboxylic acid groups (broad SMARTS) is 1. The number of carbonyl (C=O) groups excluding carboxylic acids is 1. The SMILES string of the molecule is Cc1cc(C(=O)NCc2cccc(C(=O)O)c2)ccc1F. The highest BCUT2D eigenvalue weighted by Crippen LogP contribution is 2.10. The van der Waals surface area contributed by atoms with Gasteiger partial charge in [-0.05, 0) is 48.4 Å². The molecule has 0 saturated heterocycles. The molecule has 0 aromatic heterocycles. The number of benzene rings is 2. The molecule has 1 amide bonds. The summed E-state index contributed by atoms with van der Waals surface area (Å²) in [5.41, 5.74) is 1.61. The minimum atomic E-state index is -1.02. The Hall–Kier alpha value is -2.69. The molecule has 2 aromatic carbocycles. The molecular weight excluding hydrogens is 273 g/mol. The van der Waals surface area contributed by atoms with E-state index in [1.165, 1.54) is 30.3 Å². The van der Waals surface area contributed by atoms with Gasteiger partial charge >= 0.3 is 5.97 Å². The normalized spacial score (nSPS) is 10.2. The van der Waals surface area contributed by atoms with Crippen LogP contribution in [-0.2, 0) is 6.54 Å². The van der Waals surface area contributed by atoms with Crippen molar-refractivity contribution < 1.29 is 19.1 Å². The van der Waals surface area contributed by atoms with E-state index in [0.717, 1.165) is 0 Å². The van der Waals surface area contributed by atoms with Crippen molar-refractivity contribution in [2.24, 2.45) is 0 Å². The van der Waals surface area contributed by atoms with Crippen LogP contribution < -0.4 is 5.32 Å². The lowest BCUT2D eigenvalue weighted by atomic mass is 10.1. The molecule has 0 unspecified atom stereocenters. The Kier molecular flexibility index (Phi) is 4.33. The Morgan fingerprint density at radius 1 is 1.14 bits per heavy atom. The minimum Gasteiger partial charge on any atom is -0.478 e. The van der Waals surface area contributed by atoms with E-state index in [0.29, 0.717) is 16.7 Å². The standard InChI is InChI=1S/C16H14FNO3/c1-10-7-12(5-6-14(10)17)15(19)18-9-11-3-2-4-13(8-11)16(20)21/h2-8H,9H2,1H3,(H,18,19)(H,20,21). The Labute approximate surface area is 121 Å². The van der Waals surface area contributed by atoms with Gasteiger partial charge in [0.05, 0.1) is 5.56 Å². The summed E-state index contributed by atoms with van der Waals surface area (Å²) in [6.45, 7) is 1.79. The third-order valence-corrected chi connectivity index (χ3v) is 3.05. The molecule has 0 saturated carbocycles. The second-order valence-corrected chi connectivity index (χ2v) is 4.65. The number of carbonyl (C=O) groups is 2. The molecule has 2 aromatic rings. The average molecular weight is 287 g/mol. The van der Waals surface area contributed by atoms with Crippen molar-refractivity contribution in [3.63, 3.8) is 0 Å². The molecule has 0 spiro atoms. The number of halogens is 1. The van der Waals surface area contributed by atoms with Crippen molar-refractivity contribution >= 4 is 11.9 Å². The molecule has 0 fully saturated rings. The van der Waals surface area contributed by atoms with Crippen molar-refractivity contribution in [2.75, 3.05) is 0 Å². The summed E-state index contributed by atoms with van der Waals surface area (Å²) in [5, 5.41) is 11.6. The summed E-state index contributed by atoms with van der Waals surface area (Å²) >= 11 is 0. The van der Waals surface area contributed by atoms with Crippen LogP contribution in [0.25, 0.3) is 0 Å². The van der Waals surface area contributed by atoms with E-state index in [9.17, 15) is 14.0 Å². The van der Waals surface area contributed by atoms with Gasteiger partial charge in [0.15, 0.2) is 0 Å². The quantitative estimate of drug-likeness (QED) is 0.908. The molecule has 0 aliphatic carbocycles. The summed E-state index contributed by atoms with van der Waals surface area (Å²) in [7, 11) is 0. The summed E-state index contributed by atoms with van der Waals surface area (Å²) in [5.74, 6) is -1.71. The molecule has 0 radical (unpaired) electrons. The number of aryl methyl sites for hydroxylation is 1. The van der Waals surface area contributed by atoms with Crippen LogP contribution in [-0.4, -0.2) is 17.0 Å². The average Bonchev–Trinajstić information content (AvgIpc) is 2.48. The van der Waals surface area contributed by atoms with Gasteiger partial charge in [0.2, 0.25) is 0 Å². The summed E-state index contributed by atoms with van der Waals surface area (Å²) in [4.78, 5) is 22.8. The number of hydrogen-bond acceptors (Lipinski definition) is 2. The van der Waals surface area contributed by atoms with Gasteiger partial charge in [-0.15, -0.1) is 0 Å². The van der Waals surface area contributed by atoms with Crippen molar-refractivity contribution in [1.82, 2.24) is 5.32 Å². The smallest absolute Gasteiger partial charge is 0.335 e. The van der Waals surface area contributed by atoms with E-state index in [1.54, 1.807) is 19.1 Å². The number of rotatable bonds is 4. The first-order valence-electron chi connectivity index (χ1n) is 6.34. The zero-order valence-electron chi connectivity index (χ0n) is 11.4. The van der Waals surface area contributed by atoms with E-state index in [2.05, 4.69) is 5.32 Å². The Bertz CT molecular complexity index is 698. The van der Waals surface area contributed by atoms with Gasteiger partial charge in [-0.1, -0.05) is 12.1 Å². The maximum atomic E-state index is 13.1. The zero-order valence-corrected chi connectivity index (χ0v) is 11.4. The van der Waals surface area contributed by atoms with Crippen LogP contribution in [0.1, 0.15) is 31.8 Å². The highest BCUT2D eigenvalue weighted by molar-refractivity contribution is 5.94. The molecule has 4 nitrogen and oxygen atoms in total. The summed E-state index contributed by atoms with van der Waals surface area (Å²) < 4.78 is 13.1. The number of amides is 1. The minimum absolute atomic E-state index is 0.166. The monoisotopic (exact) mass is 287 g/mol. The molecule has 0 aliphatic rings. The van der Waals surface area contributed by atoms with E-state index in [4.69, 9.17) is 5.11 Å². The van der Waals surface area contributed by atoms with Crippen LogP contribution in [0.5, 0.6) is 0 Å². The van der Waals surface area contributed by atoms with Gasteiger partial charge in [0.25, 0.3) is 5.91 Å². The maximum absolute atomic E-state index is 13.1. The van der Waals surface area contributed by atoms with Crippen LogP contribution in [0.2, 0.25) is 0 Å². The van der Waals surface area contributed by atoms with Gasteiger partial charge < -0.3 is 10.4 Å². The Balaban J connectivity index is 2.05. The first-order chi connectivity index (χ1) is 9.97. The van der Waals surface area contributed by atoms with Crippen LogP contribution in [0.3, 0.4) is 0 Å². The summed E-state index contributed by atoms with van der Waals surface area (Å²) in [6.07, 6.45) is 0. The van der Waals surface area contributed by atoms with Gasteiger partial charge in [0.1, 0.15) is 5.82 Å². The molecule has 0 heterocycles. The van der Waals surface area contributed by atoms with E-state index in [1.807, 2.05) is 0 Å². The van der Waals surface area contributed by atoms with E-state index in [-0.39, 0.29) is 23.8 Å². The third-order valence-electron chi connectivity index (χ3n) is 3.05. The van der Waals surface area contributed by atoms with Gasteiger partial charge in [-0.3, -0.25) is 4.79 Å². The molecule has 108 valence electrons. The Morgan fingerprint density at radius 3 is 2.57 bits per heavy atom. The predicted molar refractivity (Wildman–Crippen MR) is 75.7 cm³/mol. The lowest BCUT2D eigenvalue weighted by Gasteiger charge is -2.07. The lowest BCUT2D eigenvalue weighted by Crippen LogP contribution is -2.23. The van der Waals surface area contributed by atoms with Crippen molar-refractivity contribution in [3.05, 3.63) is 70.5 Å². The van der Waals surface area contributed by atoms with Crippen LogP contribution in [0, 0.1) is 12.7 Å². The molecule has 0 atom stereocenters. The fourth-order valence-corrected chi connectivity index (χ4v) is 1.88. The number of carboxylic acids is 1. The van der Waals surface area contributed by atoms with Gasteiger partial charge in [-0.2, -0.15) is 0 Å². The third kappa shape index (κ3) is 3.66.